The minimum Gasteiger partial charge on any atom is -0.396 e. The topological polar surface area (TPSA) is 125 Å². The summed E-state index contributed by atoms with van der Waals surface area (Å²) in [5.41, 5.74) is -1.03. The van der Waals surface area contributed by atoms with E-state index in [0.717, 1.165) is 57.8 Å². The molecule has 3 N–H and O–H groups in total. The number of ether oxygens (including phenoxy) is 7. The maximum absolute atomic E-state index is 11.0. The van der Waals surface area contributed by atoms with Gasteiger partial charge in [0.25, 0.3) is 0 Å². The van der Waals surface area contributed by atoms with E-state index < -0.39 is 29.4 Å². The monoisotopic (exact) mass is 710 g/mol. The van der Waals surface area contributed by atoms with Crippen molar-refractivity contribution in [2.45, 2.75) is 192 Å². The van der Waals surface area contributed by atoms with Gasteiger partial charge >= 0.3 is 0 Å². The number of methoxy groups -OCH3 is 1. The zero-order valence-electron chi connectivity index (χ0n) is 32.6. The third kappa shape index (κ3) is 6.99. The molecule has 0 bridgehead atoms. The summed E-state index contributed by atoms with van der Waals surface area (Å²) in [6.07, 6.45) is 7.22. The molecule has 0 aliphatic carbocycles. The lowest BCUT2D eigenvalue weighted by Gasteiger charge is -2.50. The van der Waals surface area contributed by atoms with Crippen LogP contribution in [0.2, 0.25) is 0 Å². The Hall–Kier alpha value is -0.400. The number of hydrogen-bond acceptors (Lipinski definition) is 10. The van der Waals surface area contributed by atoms with Crippen molar-refractivity contribution in [3.8, 4) is 0 Å². The van der Waals surface area contributed by atoms with Gasteiger partial charge in [0.15, 0.2) is 11.6 Å². The summed E-state index contributed by atoms with van der Waals surface area (Å²) < 4.78 is 47.3. The lowest BCUT2D eigenvalue weighted by atomic mass is 9.78. The first-order chi connectivity index (χ1) is 23.5. The molecule has 1 unspecified atom stereocenters. The lowest BCUT2D eigenvalue weighted by molar-refractivity contribution is -0.353. The van der Waals surface area contributed by atoms with Crippen molar-refractivity contribution < 1.29 is 48.5 Å². The molecule has 0 aromatic carbocycles. The van der Waals surface area contributed by atoms with Gasteiger partial charge in [-0.25, -0.2) is 0 Å². The van der Waals surface area contributed by atoms with Crippen LogP contribution in [-0.2, 0) is 33.2 Å². The molecular weight excluding hydrogens is 640 g/mol. The average molecular weight is 711 g/mol. The van der Waals surface area contributed by atoms with Crippen LogP contribution in [0.1, 0.15) is 120 Å². The molecule has 0 aromatic rings. The zero-order valence-corrected chi connectivity index (χ0v) is 32.6. The van der Waals surface area contributed by atoms with E-state index in [0.29, 0.717) is 5.92 Å². The van der Waals surface area contributed by atoms with E-state index in [-0.39, 0.29) is 90.9 Å². The molecule has 0 aromatic heterocycles. The Morgan fingerprint density at radius 2 is 1.54 bits per heavy atom. The van der Waals surface area contributed by atoms with Crippen molar-refractivity contribution in [1.82, 2.24) is 0 Å². The summed E-state index contributed by atoms with van der Waals surface area (Å²) in [5, 5.41) is 30.8. The third-order valence-corrected chi connectivity index (χ3v) is 14.4. The highest BCUT2D eigenvalue weighted by atomic mass is 16.7. The zero-order chi connectivity index (χ0) is 36.4. The quantitative estimate of drug-likeness (QED) is 0.278. The van der Waals surface area contributed by atoms with E-state index in [4.69, 9.17) is 33.2 Å². The summed E-state index contributed by atoms with van der Waals surface area (Å²) in [4.78, 5) is 0. The van der Waals surface area contributed by atoms with Crippen LogP contribution in [0.4, 0.5) is 0 Å². The minimum absolute atomic E-state index is 0.00327. The lowest BCUT2D eigenvalue weighted by Crippen LogP contribution is -2.58. The van der Waals surface area contributed by atoms with Crippen LogP contribution in [-0.4, -0.2) is 107 Å². The second-order valence-electron chi connectivity index (χ2n) is 18.4. The van der Waals surface area contributed by atoms with Crippen molar-refractivity contribution >= 4 is 0 Å². The van der Waals surface area contributed by atoms with E-state index in [9.17, 15) is 15.3 Å². The second-order valence-corrected chi connectivity index (χ2v) is 18.4. The molecule has 6 rings (SSSR count). The molecule has 6 heterocycles. The van der Waals surface area contributed by atoms with Crippen LogP contribution in [0.5, 0.6) is 0 Å². The molecule has 50 heavy (non-hydrogen) atoms. The Balaban J connectivity index is 1.13. The fourth-order valence-corrected chi connectivity index (χ4v) is 11.3. The number of hydrogen-bond donors (Lipinski definition) is 3. The largest absolute Gasteiger partial charge is 0.396 e. The average Bonchev–Trinajstić information content (AvgIpc) is 3.75. The first-order valence-electron chi connectivity index (χ1n) is 20.0. The Labute approximate surface area is 301 Å². The molecule has 6 aliphatic rings. The van der Waals surface area contributed by atoms with Crippen molar-refractivity contribution in [3.63, 3.8) is 0 Å². The smallest absolute Gasteiger partial charge is 0.192 e. The summed E-state index contributed by atoms with van der Waals surface area (Å²) in [7, 11) is 1.80. The molecule has 6 saturated heterocycles. The van der Waals surface area contributed by atoms with Gasteiger partial charge in [-0.1, -0.05) is 48.5 Å². The summed E-state index contributed by atoms with van der Waals surface area (Å²) in [5.74, 6) is -1.31. The third-order valence-electron chi connectivity index (χ3n) is 14.4. The second kappa shape index (κ2) is 14.7. The molecule has 1 spiro atoms. The van der Waals surface area contributed by atoms with Gasteiger partial charge in [-0.15, -0.1) is 0 Å². The van der Waals surface area contributed by atoms with Crippen LogP contribution < -0.4 is 0 Å². The van der Waals surface area contributed by atoms with Gasteiger partial charge in [-0.3, -0.25) is 0 Å². The predicted molar refractivity (Wildman–Crippen MR) is 188 cm³/mol. The number of aliphatic hydroxyl groups is 3. The van der Waals surface area contributed by atoms with E-state index in [1.165, 1.54) is 0 Å². The SMILES string of the molecule is CO[C@@H]1C[C@@H](C[C@H]2CC[C@H](C)[C@H]([C@@H](C)CO)O2)OC2(O[C@](C)([C@H]3CC[C@@](C)([C@@H]4O[C@@H]([C@H]5O[C@@](O)(CO)[C@H](C)C[C@@H]5C)C[C@@H]4C)O3)C[C@H]2C)[C@@H]1C. The van der Waals surface area contributed by atoms with E-state index in [1.807, 2.05) is 6.92 Å². The highest BCUT2D eigenvalue weighted by Crippen LogP contribution is 2.57. The molecule has 6 fully saturated rings. The molecule has 0 amide bonds. The fraction of sp³-hybridized carbons (Fsp3) is 1.00. The normalized spacial score (nSPS) is 55.1. The molecule has 6 aliphatic heterocycles. The Kier molecular flexibility index (Phi) is 11.5. The maximum atomic E-state index is 11.0. The molecule has 290 valence electrons. The Bertz CT molecular complexity index is 1150. The highest BCUT2D eigenvalue weighted by molar-refractivity contribution is 5.09. The molecule has 10 heteroatoms. The van der Waals surface area contributed by atoms with Crippen LogP contribution in [0.25, 0.3) is 0 Å². The molecule has 19 atom stereocenters. The predicted octanol–water partition coefficient (Wildman–Crippen LogP) is 5.61. The van der Waals surface area contributed by atoms with Crippen LogP contribution in [0, 0.1) is 41.4 Å². The van der Waals surface area contributed by atoms with Gasteiger partial charge in [0.2, 0.25) is 0 Å². The molecule has 0 radical (unpaired) electrons. The number of rotatable bonds is 9. The van der Waals surface area contributed by atoms with Gasteiger partial charge in [0, 0.05) is 50.2 Å². The van der Waals surface area contributed by atoms with Crippen molar-refractivity contribution in [2.75, 3.05) is 20.3 Å². The van der Waals surface area contributed by atoms with Crippen molar-refractivity contribution in [3.05, 3.63) is 0 Å². The fourth-order valence-electron chi connectivity index (χ4n) is 11.3. The molecule has 0 saturated carbocycles. The van der Waals surface area contributed by atoms with Gasteiger partial charge < -0.3 is 48.5 Å². The maximum Gasteiger partial charge on any atom is 0.192 e. The van der Waals surface area contributed by atoms with E-state index in [1.54, 1.807) is 7.11 Å². The number of aliphatic hydroxyl groups excluding tert-OH is 2. The van der Waals surface area contributed by atoms with E-state index in [2.05, 4.69) is 55.4 Å². The van der Waals surface area contributed by atoms with Crippen molar-refractivity contribution in [2.24, 2.45) is 41.4 Å². The van der Waals surface area contributed by atoms with Gasteiger partial charge in [-0.2, -0.15) is 0 Å². The molecule has 10 nitrogen and oxygen atoms in total. The summed E-state index contributed by atoms with van der Waals surface area (Å²) >= 11 is 0. The van der Waals surface area contributed by atoms with Crippen LogP contribution >= 0.6 is 0 Å². The molecular formula is C40H70O10. The van der Waals surface area contributed by atoms with Crippen LogP contribution in [0.3, 0.4) is 0 Å². The Morgan fingerprint density at radius 3 is 2.22 bits per heavy atom. The van der Waals surface area contributed by atoms with Gasteiger partial charge in [0.05, 0.1) is 66.6 Å². The van der Waals surface area contributed by atoms with Gasteiger partial charge in [-0.05, 0) is 76.5 Å². The van der Waals surface area contributed by atoms with E-state index >= 15 is 0 Å². The van der Waals surface area contributed by atoms with Gasteiger partial charge in [0.1, 0.15) is 0 Å². The first kappa shape index (κ1) is 39.3. The van der Waals surface area contributed by atoms with Crippen LogP contribution in [0.15, 0.2) is 0 Å². The summed E-state index contributed by atoms with van der Waals surface area (Å²) in [6.45, 7) is 19.2. The Morgan fingerprint density at radius 1 is 0.800 bits per heavy atom. The standard InChI is InChI=1S/C40H70O10/c1-22-11-12-29(45-34(22)25(4)20-41)17-30-18-31(44-10)28(7)40(47-30)27(6)19-38(9,50-40)33-13-14-37(8,48-33)36-24(3)16-32(46-36)35-23(2)15-26(5)39(43,21-42)49-35/h22-36,41-43H,11-21H2,1-10H3/t22-,23-,24-,25-,26+,27+,28+,29+,30+,31+,32+,33+,34+,35-,36+,37-,38-,39-,40?/m0/s1. The minimum atomic E-state index is -1.54. The highest BCUT2D eigenvalue weighted by Gasteiger charge is 2.65. The van der Waals surface area contributed by atoms with Crippen molar-refractivity contribution in [1.29, 1.82) is 0 Å². The summed E-state index contributed by atoms with van der Waals surface area (Å²) in [6, 6.07) is 0. The first-order valence-corrected chi connectivity index (χ1v) is 20.0.